The summed E-state index contributed by atoms with van der Waals surface area (Å²) >= 11 is 0. The smallest absolute Gasteiger partial charge is 0.302 e. The number of epoxide rings is 1. The van der Waals surface area contributed by atoms with E-state index in [0.717, 1.165) is 12.8 Å². The minimum Gasteiger partial charge on any atom is -0.466 e. The van der Waals surface area contributed by atoms with Crippen molar-refractivity contribution in [2.45, 2.75) is 64.6 Å². The summed E-state index contributed by atoms with van der Waals surface area (Å²) in [5, 5.41) is 0. The van der Waals surface area contributed by atoms with Gasteiger partial charge < -0.3 is 9.47 Å². The number of ether oxygens (including phenoxy) is 2. The number of hydrogen-bond acceptors (Lipinski definition) is 3. The molecule has 1 heterocycles. The molecule has 0 aromatic rings. The number of unbranched alkanes of at least 4 members (excludes halogenated alkanes) is 1. The zero-order chi connectivity index (χ0) is 13.2. The third-order valence-electron chi connectivity index (χ3n) is 4.29. The van der Waals surface area contributed by atoms with Gasteiger partial charge in [0, 0.05) is 6.92 Å². The first kappa shape index (κ1) is 13.6. The molecule has 0 amide bonds. The molecule has 1 saturated heterocycles. The summed E-state index contributed by atoms with van der Waals surface area (Å²) < 4.78 is 10.6. The molecule has 3 atom stereocenters. The number of hydrogen-bond donors (Lipinski definition) is 0. The Morgan fingerprint density at radius 3 is 2.94 bits per heavy atom. The summed E-state index contributed by atoms with van der Waals surface area (Å²) in [5.41, 5.74) is 1.70. The zero-order valence-electron chi connectivity index (χ0n) is 11.7. The van der Waals surface area contributed by atoms with E-state index >= 15 is 0 Å². The maximum absolute atomic E-state index is 10.6. The Bertz CT molecular complexity index is 348. The zero-order valence-corrected chi connectivity index (χ0v) is 11.7. The molecule has 0 bridgehead atoms. The van der Waals surface area contributed by atoms with E-state index in [2.05, 4.69) is 19.9 Å². The van der Waals surface area contributed by atoms with E-state index in [4.69, 9.17) is 9.47 Å². The van der Waals surface area contributed by atoms with Gasteiger partial charge in [0.15, 0.2) is 0 Å². The second-order valence-electron chi connectivity index (χ2n) is 5.82. The summed E-state index contributed by atoms with van der Waals surface area (Å²) in [6.45, 7) is 6.44. The lowest BCUT2D eigenvalue weighted by Gasteiger charge is -2.23. The molecule has 3 heteroatoms. The van der Waals surface area contributed by atoms with E-state index in [1.807, 2.05) is 0 Å². The second-order valence-corrected chi connectivity index (χ2v) is 5.82. The Morgan fingerprint density at radius 2 is 2.28 bits per heavy atom. The first-order chi connectivity index (χ1) is 8.51. The molecule has 3 nitrogen and oxygen atoms in total. The summed E-state index contributed by atoms with van der Waals surface area (Å²) in [5.74, 6) is 0.507. The Morgan fingerprint density at radius 1 is 1.50 bits per heavy atom. The largest absolute Gasteiger partial charge is 0.466 e. The molecule has 2 rings (SSSR count). The highest BCUT2D eigenvalue weighted by Crippen LogP contribution is 2.50. The Kier molecular flexibility index (Phi) is 4.10. The fraction of sp³-hybridized carbons (Fsp3) is 0.800. The molecule has 2 fully saturated rings. The minimum atomic E-state index is -0.187. The summed E-state index contributed by atoms with van der Waals surface area (Å²) in [6.07, 6.45) is 8.35. The lowest BCUT2D eigenvalue weighted by molar-refractivity contribution is -0.141. The van der Waals surface area contributed by atoms with Crippen LogP contribution in [0.1, 0.15) is 52.9 Å². The van der Waals surface area contributed by atoms with Crippen LogP contribution in [0.25, 0.3) is 0 Å². The van der Waals surface area contributed by atoms with Crippen LogP contribution in [0.4, 0.5) is 0 Å². The van der Waals surface area contributed by atoms with Crippen molar-refractivity contribution in [2.75, 3.05) is 6.61 Å². The minimum absolute atomic E-state index is 0.187. The summed E-state index contributed by atoms with van der Waals surface area (Å²) in [7, 11) is 0. The van der Waals surface area contributed by atoms with Gasteiger partial charge in [0.2, 0.25) is 0 Å². The van der Waals surface area contributed by atoms with Crippen LogP contribution in [-0.4, -0.2) is 24.3 Å². The molecule has 0 aromatic heterocycles. The van der Waals surface area contributed by atoms with Gasteiger partial charge in [-0.15, -0.1) is 0 Å². The normalized spacial score (nSPS) is 34.9. The van der Waals surface area contributed by atoms with Crippen LogP contribution >= 0.6 is 0 Å². The second kappa shape index (κ2) is 5.43. The highest BCUT2D eigenvalue weighted by atomic mass is 16.6. The Labute approximate surface area is 110 Å². The Hall–Kier alpha value is -0.830. The van der Waals surface area contributed by atoms with Crippen molar-refractivity contribution in [1.82, 2.24) is 0 Å². The van der Waals surface area contributed by atoms with E-state index in [1.165, 1.54) is 31.8 Å². The average Bonchev–Trinajstić information content (AvgIpc) is 2.98. The Balaban J connectivity index is 1.67. The number of rotatable bonds is 5. The SMILES string of the molecule is CC(=O)OCCC/C=C(\C)[C@H]1CCC2(C)OC2C1. The maximum Gasteiger partial charge on any atom is 0.302 e. The van der Waals surface area contributed by atoms with E-state index in [-0.39, 0.29) is 11.6 Å². The number of carbonyl (C=O) groups is 1. The van der Waals surface area contributed by atoms with Gasteiger partial charge in [-0.2, -0.15) is 0 Å². The molecule has 18 heavy (non-hydrogen) atoms. The van der Waals surface area contributed by atoms with Gasteiger partial charge in [-0.25, -0.2) is 0 Å². The molecule has 0 spiro atoms. The van der Waals surface area contributed by atoms with Crippen LogP contribution in [0.3, 0.4) is 0 Å². The van der Waals surface area contributed by atoms with E-state index < -0.39 is 0 Å². The highest BCUT2D eigenvalue weighted by molar-refractivity contribution is 5.65. The van der Waals surface area contributed by atoms with Gasteiger partial charge in [-0.3, -0.25) is 4.79 Å². The van der Waals surface area contributed by atoms with E-state index in [9.17, 15) is 4.79 Å². The maximum atomic E-state index is 10.6. The van der Waals surface area contributed by atoms with Crippen LogP contribution < -0.4 is 0 Å². The summed E-state index contributed by atoms with van der Waals surface area (Å²) in [6, 6.07) is 0. The number of esters is 1. The molecule has 102 valence electrons. The van der Waals surface area contributed by atoms with E-state index in [0.29, 0.717) is 18.6 Å². The molecule has 1 aliphatic carbocycles. The average molecular weight is 252 g/mol. The van der Waals surface area contributed by atoms with Crippen molar-refractivity contribution in [1.29, 1.82) is 0 Å². The number of carbonyl (C=O) groups excluding carboxylic acids is 1. The molecule has 2 unspecified atom stereocenters. The highest BCUT2D eigenvalue weighted by Gasteiger charge is 2.55. The topological polar surface area (TPSA) is 38.8 Å². The van der Waals surface area contributed by atoms with Gasteiger partial charge in [0.05, 0.1) is 18.3 Å². The number of allylic oxidation sites excluding steroid dienone is 2. The first-order valence-electron chi connectivity index (χ1n) is 6.99. The number of fused-ring (bicyclic) bond motifs is 1. The molecule has 1 saturated carbocycles. The van der Waals surface area contributed by atoms with Crippen molar-refractivity contribution >= 4 is 5.97 Å². The van der Waals surface area contributed by atoms with Gasteiger partial charge in [-0.1, -0.05) is 11.6 Å². The third kappa shape index (κ3) is 3.35. The molecular weight excluding hydrogens is 228 g/mol. The van der Waals surface area contributed by atoms with Crippen LogP contribution in [0.15, 0.2) is 11.6 Å². The monoisotopic (exact) mass is 252 g/mol. The van der Waals surface area contributed by atoms with Crippen LogP contribution in [0, 0.1) is 5.92 Å². The van der Waals surface area contributed by atoms with Gasteiger partial charge in [0.25, 0.3) is 0 Å². The molecule has 0 aromatic carbocycles. The van der Waals surface area contributed by atoms with Crippen LogP contribution in [0.5, 0.6) is 0 Å². The predicted molar refractivity (Wildman–Crippen MR) is 70.2 cm³/mol. The quantitative estimate of drug-likeness (QED) is 0.326. The molecule has 2 aliphatic rings. The fourth-order valence-electron chi connectivity index (χ4n) is 2.85. The molecular formula is C15H24O3. The molecule has 0 N–H and O–H groups in total. The first-order valence-corrected chi connectivity index (χ1v) is 6.99. The van der Waals surface area contributed by atoms with Crippen molar-refractivity contribution in [3.63, 3.8) is 0 Å². The lowest BCUT2D eigenvalue weighted by Crippen LogP contribution is -2.21. The van der Waals surface area contributed by atoms with Gasteiger partial charge in [-0.05, 0) is 51.9 Å². The lowest BCUT2D eigenvalue weighted by atomic mass is 9.79. The standard InChI is InChI=1S/C15H24O3/c1-11(6-4-5-9-17-12(2)16)13-7-8-15(3)14(10-13)18-15/h6,13-14H,4-5,7-10H2,1-3H3/b11-6+/t13-,14?,15?/m0/s1. The van der Waals surface area contributed by atoms with E-state index in [1.54, 1.807) is 0 Å². The van der Waals surface area contributed by atoms with Crippen molar-refractivity contribution in [3.05, 3.63) is 11.6 Å². The van der Waals surface area contributed by atoms with Crippen LogP contribution in [0.2, 0.25) is 0 Å². The van der Waals surface area contributed by atoms with Crippen molar-refractivity contribution in [2.24, 2.45) is 5.92 Å². The fourth-order valence-corrected chi connectivity index (χ4v) is 2.85. The third-order valence-corrected chi connectivity index (χ3v) is 4.29. The molecule has 0 radical (unpaired) electrons. The van der Waals surface area contributed by atoms with Crippen molar-refractivity contribution < 1.29 is 14.3 Å². The summed E-state index contributed by atoms with van der Waals surface area (Å²) in [4.78, 5) is 10.6. The molecule has 1 aliphatic heterocycles. The van der Waals surface area contributed by atoms with Crippen molar-refractivity contribution in [3.8, 4) is 0 Å². The van der Waals surface area contributed by atoms with Gasteiger partial charge >= 0.3 is 5.97 Å². The predicted octanol–water partition coefficient (Wildman–Crippen LogP) is 3.23. The van der Waals surface area contributed by atoms with Crippen LogP contribution in [-0.2, 0) is 14.3 Å². The van der Waals surface area contributed by atoms with Gasteiger partial charge in [0.1, 0.15) is 0 Å².